The Morgan fingerprint density at radius 2 is 0.871 bits per heavy atom. The van der Waals surface area contributed by atoms with Crippen LogP contribution in [0.5, 0.6) is 0 Å². The number of ether oxygens (including phenoxy) is 4. The van der Waals surface area contributed by atoms with E-state index in [1.807, 2.05) is 0 Å². The number of aliphatic hydroxyl groups excluding tert-OH is 4. The van der Waals surface area contributed by atoms with Crippen LogP contribution in [0.1, 0.15) is 232 Å². The third-order valence-electron chi connectivity index (χ3n) is 12.8. The van der Waals surface area contributed by atoms with Gasteiger partial charge in [0.2, 0.25) is 0 Å². The average Bonchev–Trinajstić information content (AvgIpc) is 3.36. The van der Waals surface area contributed by atoms with Crippen molar-refractivity contribution in [1.82, 2.24) is 0 Å². The molecule has 70 heavy (non-hydrogen) atoms. The minimum absolute atomic E-state index is 0.125. The van der Waals surface area contributed by atoms with E-state index in [1.54, 1.807) is 0 Å². The molecule has 1 aliphatic rings. The molecule has 6 unspecified atom stereocenters. The first-order chi connectivity index (χ1) is 34.4. The number of hydrogen-bond acceptors (Lipinski definition) is 9. The average molecular weight is 984 g/mol. The number of allylic oxidation sites excluding steroid dienone is 14. The minimum atomic E-state index is -1.55. The summed E-state index contributed by atoms with van der Waals surface area (Å²) in [6, 6.07) is 0. The number of rotatable bonds is 49. The van der Waals surface area contributed by atoms with Gasteiger partial charge in [-0.25, -0.2) is 0 Å². The monoisotopic (exact) mass is 983 g/mol. The van der Waals surface area contributed by atoms with Gasteiger partial charge in [-0.1, -0.05) is 221 Å². The fourth-order valence-corrected chi connectivity index (χ4v) is 8.37. The van der Waals surface area contributed by atoms with E-state index in [1.165, 1.54) is 122 Å². The molecule has 0 aliphatic carbocycles. The molecule has 0 bridgehead atoms. The molecule has 9 nitrogen and oxygen atoms in total. The van der Waals surface area contributed by atoms with E-state index in [4.69, 9.17) is 18.9 Å². The summed E-state index contributed by atoms with van der Waals surface area (Å²) in [5, 5.41) is 40.3. The van der Waals surface area contributed by atoms with Crippen LogP contribution in [0.25, 0.3) is 0 Å². The first kappa shape index (κ1) is 65.4. The minimum Gasteiger partial charge on any atom is -0.457 e. The normalized spacial score (nSPS) is 19.5. The van der Waals surface area contributed by atoms with Crippen molar-refractivity contribution in [3.63, 3.8) is 0 Å². The lowest BCUT2D eigenvalue weighted by Gasteiger charge is -2.39. The molecule has 1 saturated heterocycles. The second-order valence-corrected chi connectivity index (χ2v) is 19.4. The van der Waals surface area contributed by atoms with Crippen LogP contribution in [-0.4, -0.2) is 89.6 Å². The first-order valence-electron chi connectivity index (χ1n) is 28.7. The van der Waals surface area contributed by atoms with Crippen LogP contribution in [0.4, 0.5) is 0 Å². The highest BCUT2D eigenvalue weighted by molar-refractivity contribution is 5.69. The van der Waals surface area contributed by atoms with E-state index in [-0.39, 0.29) is 19.2 Å². The number of aliphatic hydroxyl groups is 4. The zero-order valence-corrected chi connectivity index (χ0v) is 44.7. The third-order valence-corrected chi connectivity index (χ3v) is 12.8. The maximum absolute atomic E-state index is 12.9. The number of unbranched alkanes of at least 4 members (excludes halogenated alkanes) is 24. The van der Waals surface area contributed by atoms with Crippen LogP contribution in [0, 0.1) is 0 Å². The van der Waals surface area contributed by atoms with E-state index in [0.717, 1.165) is 89.9 Å². The van der Waals surface area contributed by atoms with Crippen LogP contribution in [0.15, 0.2) is 85.1 Å². The molecular weight excluding hydrogens is 877 g/mol. The van der Waals surface area contributed by atoms with Crippen molar-refractivity contribution in [1.29, 1.82) is 0 Å². The number of hydrogen-bond donors (Lipinski definition) is 4. The molecule has 0 aromatic carbocycles. The zero-order valence-electron chi connectivity index (χ0n) is 44.7. The summed E-state index contributed by atoms with van der Waals surface area (Å²) in [7, 11) is 0. The Hall–Kier alpha value is -2.63. The number of esters is 1. The molecule has 1 fully saturated rings. The smallest absolute Gasteiger partial charge is 0.306 e. The molecule has 9 heteroatoms. The lowest BCUT2D eigenvalue weighted by molar-refractivity contribution is -0.305. The van der Waals surface area contributed by atoms with E-state index < -0.39 is 43.4 Å². The van der Waals surface area contributed by atoms with Crippen molar-refractivity contribution >= 4 is 5.97 Å². The fourth-order valence-electron chi connectivity index (χ4n) is 8.37. The molecule has 0 spiro atoms. The van der Waals surface area contributed by atoms with Gasteiger partial charge in [-0.3, -0.25) is 4.79 Å². The number of carbonyl (C=O) groups is 1. The van der Waals surface area contributed by atoms with Crippen molar-refractivity contribution < 1.29 is 44.2 Å². The topological polar surface area (TPSA) is 135 Å². The quantitative estimate of drug-likeness (QED) is 0.0267. The van der Waals surface area contributed by atoms with E-state index in [9.17, 15) is 25.2 Å². The lowest BCUT2D eigenvalue weighted by atomic mass is 9.99. The Bertz CT molecular complexity index is 1350. The van der Waals surface area contributed by atoms with Crippen LogP contribution < -0.4 is 0 Å². The van der Waals surface area contributed by atoms with Crippen molar-refractivity contribution in [2.24, 2.45) is 0 Å². The molecule has 4 N–H and O–H groups in total. The lowest BCUT2D eigenvalue weighted by Crippen LogP contribution is -2.59. The molecule has 0 aromatic rings. The first-order valence-corrected chi connectivity index (χ1v) is 28.7. The van der Waals surface area contributed by atoms with Crippen LogP contribution >= 0.6 is 0 Å². The molecule has 0 aromatic heterocycles. The summed E-state index contributed by atoms with van der Waals surface area (Å²) >= 11 is 0. The number of carbonyl (C=O) groups excluding carboxylic acids is 1. The molecule has 1 aliphatic heterocycles. The third kappa shape index (κ3) is 40.9. The zero-order chi connectivity index (χ0) is 50.6. The van der Waals surface area contributed by atoms with Gasteiger partial charge < -0.3 is 39.4 Å². The van der Waals surface area contributed by atoms with Gasteiger partial charge >= 0.3 is 5.97 Å². The van der Waals surface area contributed by atoms with Gasteiger partial charge in [0.1, 0.15) is 30.5 Å². The summed E-state index contributed by atoms with van der Waals surface area (Å²) in [5.41, 5.74) is 0. The summed E-state index contributed by atoms with van der Waals surface area (Å²) in [4.78, 5) is 12.9. The fraction of sp³-hybridized carbons (Fsp3) is 0.754. The molecule has 1 heterocycles. The van der Waals surface area contributed by atoms with E-state index in [2.05, 4.69) is 98.9 Å². The Kier molecular flexibility index (Phi) is 47.9. The maximum Gasteiger partial charge on any atom is 0.306 e. The molecule has 404 valence electrons. The highest BCUT2D eigenvalue weighted by Gasteiger charge is 2.44. The largest absolute Gasteiger partial charge is 0.457 e. The molecular formula is C61H106O9. The van der Waals surface area contributed by atoms with Crippen molar-refractivity contribution in [3.05, 3.63) is 85.1 Å². The second-order valence-electron chi connectivity index (χ2n) is 19.4. The maximum atomic E-state index is 12.9. The predicted octanol–water partition coefficient (Wildman–Crippen LogP) is 14.9. The van der Waals surface area contributed by atoms with Gasteiger partial charge in [-0.15, -0.1) is 0 Å². The SMILES string of the molecule is CC/C=C\C/C=C\C/C=C\C/C=C\C/C=C\CCCCCCCC(=O)OC(COCCCCCCCCCCCCCCCC/C=C\C/C=C\CCCCCCC)COC1OC(CO)C(O)C(O)C1O. The van der Waals surface area contributed by atoms with Gasteiger partial charge in [0.25, 0.3) is 0 Å². The highest BCUT2D eigenvalue weighted by Crippen LogP contribution is 2.23. The Balaban J connectivity index is 2.17. The molecule has 1 rings (SSSR count). The Morgan fingerprint density at radius 3 is 1.31 bits per heavy atom. The Labute approximate surface area is 429 Å². The molecule has 0 radical (unpaired) electrons. The molecule has 0 saturated carbocycles. The van der Waals surface area contributed by atoms with Gasteiger partial charge in [-0.05, 0) is 89.9 Å². The van der Waals surface area contributed by atoms with Crippen LogP contribution in [-0.2, 0) is 23.7 Å². The second kappa shape index (κ2) is 51.3. The summed E-state index contributed by atoms with van der Waals surface area (Å²) in [6.45, 7) is 4.42. The Morgan fingerprint density at radius 1 is 0.471 bits per heavy atom. The van der Waals surface area contributed by atoms with Crippen LogP contribution in [0.2, 0.25) is 0 Å². The van der Waals surface area contributed by atoms with Gasteiger partial charge in [0.05, 0.1) is 19.8 Å². The molecule has 0 amide bonds. The van der Waals surface area contributed by atoms with E-state index in [0.29, 0.717) is 13.0 Å². The van der Waals surface area contributed by atoms with Crippen LogP contribution in [0.3, 0.4) is 0 Å². The van der Waals surface area contributed by atoms with Gasteiger partial charge in [0.15, 0.2) is 6.29 Å². The predicted molar refractivity (Wildman–Crippen MR) is 293 cm³/mol. The summed E-state index contributed by atoms with van der Waals surface area (Å²) in [6.07, 6.45) is 63.4. The highest BCUT2D eigenvalue weighted by atomic mass is 16.7. The van der Waals surface area contributed by atoms with Gasteiger partial charge in [0, 0.05) is 13.0 Å². The summed E-state index contributed by atoms with van der Waals surface area (Å²) < 4.78 is 22.9. The van der Waals surface area contributed by atoms with Crippen molar-refractivity contribution in [3.8, 4) is 0 Å². The molecule has 6 atom stereocenters. The van der Waals surface area contributed by atoms with Crippen molar-refractivity contribution in [2.45, 2.75) is 269 Å². The van der Waals surface area contributed by atoms with E-state index >= 15 is 0 Å². The van der Waals surface area contributed by atoms with Crippen molar-refractivity contribution in [2.75, 3.05) is 26.4 Å². The summed E-state index contributed by atoms with van der Waals surface area (Å²) in [5.74, 6) is -0.332. The van der Waals surface area contributed by atoms with Gasteiger partial charge in [-0.2, -0.15) is 0 Å². The standard InChI is InChI=1S/C61H106O9/c1-3-5-7-9-11-13-15-17-19-21-23-25-26-27-28-29-31-33-35-37-39-41-43-45-47-49-51-67-53-55(54-68-61-60(66)59(65)58(64)56(52-62)70-61)69-57(63)50-48-46-44-42-40-38-36-34-32-30-24-22-20-18-16-14-12-10-8-6-4-2/h6,8,12,14-15,17-18,20-21,23-24,30,34,36,55-56,58-62,64-66H,3-5,7,9-11,13,16,19,22,25-29,31-33,35,37-54H2,1-2H3/b8-6-,14-12-,17-15-,20-18-,23-21-,30-24-,36-34-.